The van der Waals surface area contributed by atoms with Crippen LogP contribution in [0.4, 0.5) is 8.78 Å². The van der Waals surface area contributed by atoms with Crippen LogP contribution in [0.3, 0.4) is 0 Å². The normalized spacial score (nSPS) is 17.6. The highest BCUT2D eigenvalue weighted by atomic mass is 19.3. The minimum atomic E-state index is -2.83. The Hall–Kier alpha value is -2.34. The summed E-state index contributed by atoms with van der Waals surface area (Å²) < 4.78 is 41.1. The van der Waals surface area contributed by atoms with E-state index < -0.39 is 6.61 Å². The first kappa shape index (κ1) is 17.5. The van der Waals surface area contributed by atoms with Gasteiger partial charge in [0.05, 0.1) is 7.11 Å². The van der Waals surface area contributed by atoms with Crippen molar-refractivity contribution in [3.8, 4) is 17.2 Å². The maximum absolute atomic E-state index is 12.6. The van der Waals surface area contributed by atoms with E-state index in [0.29, 0.717) is 19.6 Å². The second kappa shape index (κ2) is 7.70. The summed E-state index contributed by atoms with van der Waals surface area (Å²) in [7, 11) is 1.62. The Bertz CT molecular complexity index is 724. The van der Waals surface area contributed by atoms with Gasteiger partial charge in [0.15, 0.2) is 0 Å². The number of hydrogen-bond donors (Lipinski definition) is 0. The van der Waals surface area contributed by atoms with Crippen molar-refractivity contribution in [2.75, 3.05) is 13.7 Å². The van der Waals surface area contributed by atoms with Gasteiger partial charge in [-0.05, 0) is 19.1 Å². The lowest BCUT2D eigenvalue weighted by Crippen LogP contribution is -2.30. The fourth-order valence-electron chi connectivity index (χ4n) is 3.03. The molecule has 3 rings (SSSR count). The largest absolute Gasteiger partial charge is 0.497 e. The third-order valence-electron chi connectivity index (χ3n) is 4.09. The lowest BCUT2D eigenvalue weighted by Gasteiger charge is -2.23. The van der Waals surface area contributed by atoms with E-state index in [9.17, 15) is 8.78 Å². The molecule has 25 heavy (non-hydrogen) atoms. The topological polar surface area (TPSA) is 30.9 Å². The van der Waals surface area contributed by atoms with Gasteiger partial charge in [-0.3, -0.25) is 4.90 Å². The summed E-state index contributed by atoms with van der Waals surface area (Å²) in [5.74, 6) is 1.76. The van der Waals surface area contributed by atoms with Crippen LogP contribution >= 0.6 is 0 Å². The SMILES string of the molecule is COc1ccc2c(c1)OC(C)CN(Cc1ccccc1OC(F)F)C2. The number of fused-ring (bicyclic) bond motifs is 1. The smallest absolute Gasteiger partial charge is 0.387 e. The summed E-state index contributed by atoms with van der Waals surface area (Å²) in [5, 5.41) is 0. The molecule has 1 unspecified atom stereocenters. The number of ether oxygens (including phenoxy) is 3. The molecule has 0 saturated heterocycles. The summed E-state index contributed by atoms with van der Waals surface area (Å²) in [6, 6.07) is 12.6. The first-order chi connectivity index (χ1) is 12.0. The molecule has 4 nitrogen and oxygen atoms in total. The van der Waals surface area contributed by atoms with Crippen molar-refractivity contribution in [2.45, 2.75) is 32.7 Å². The van der Waals surface area contributed by atoms with Gasteiger partial charge in [0.25, 0.3) is 0 Å². The Morgan fingerprint density at radius 1 is 1.24 bits per heavy atom. The number of methoxy groups -OCH3 is 1. The number of nitrogens with zero attached hydrogens (tertiary/aromatic N) is 1. The van der Waals surface area contributed by atoms with Crippen LogP contribution in [0, 0.1) is 0 Å². The second-order valence-electron chi connectivity index (χ2n) is 6.06. The Morgan fingerprint density at radius 2 is 2.04 bits per heavy atom. The van der Waals surface area contributed by atoms with Crippen molar-refractivity contribution < 1.29 is 23.0 Å². The molecule has 1 heterocycles. The third-order valence-corrected chi connectivity index (χ3v) is 4.09. The summed E-state index contributed by atoms with van der Waals surface area (Å²) in [6.45, 7) is 0.999. The standard InChI is InChI=1S/C19H21F2NO3/c1-13-10-22(11-14-5-3-4-6-17(14)25-19(20)21)12-15-7-8-16(23-2)9-18(15)24-13/h3-9,13,19H,10-12H2,1-2H3. The lowest BCUT2D eigenvalue weighted by atomic mass is 10.1. The van der Waals surface area contributed by atoms with Crippen LogP contribution in [0.2, 0.25) is 0 Å². The molecule has 2 aromatic rings. The number of benzene rings is 2. The molecule has 0 aromatic heterocycles. The zero-order chi connectivity index (χ0) is 17.8. The molecule has 2 aromatic carbocycles. The molecule has 1 aliphatic rings. The van der Waals surface area contributed by atoms with Gasteiger partial charge in [0.2, 0.25) is 0 Å². The Morgan fingerprint density at radius 3 is 2.80 bits per heavy atom. The highest BCUT2D eigenvalue weighted by Crippen LogP contribution is 2.31. The van der Waals surface area contributed by atoms with Crippen LogP contribution < -0.4 is 14.2 Å². The van der Waals surface area contributed by atoms with E-state index in [4.69, 9.17) is 9.47 Å². The molecule has 0 fully saturated rings. The van der Waals surface area contributed by atoms with Crippen LogP contribution in [-0.2, 0) is 13.1 Å². The number of hydrogen-bond acceptors (Lipinski definition) is 4. The van der Waals surface area contributed by atoms with Gasteiger partial charge < -0.3 is 14.2 Å². The van der Waals surface area contributed by atoms with E-state index >= 15 is 0 Å². The number of halogens is 2. The second-order valence-corrected chi connectivity index (χ2v) is 6.06. The monoisotopic (exact) mass is 349 g/mol. The highest BCUT2D eigenvalue weighted by Gasteiger charge is 2.22. The Labute approximate surface area is 145 Å². The number of para-hydroxylation sites is 1. The molecule has 0 aliphatic carbocycles. The van der Waals surface area contributed by atoms with Gasteiger partial charge >= 0.3 is 6.61 Å². The first-order valence-corrected chi connectivity index (χ1v) is 8.14. The predicted molar refractivity (Wildman–Crippen MR) is 90.3 cm³/mol. The van der Waals surface area contributed by atoms with Gasteiger partial charge in [-0.2, -0.15) is 8.78 Å². The molecule has 1 aliphatic heterocycles. The maximum atomic E-state index is 12.6. The van der Waals surface area contributed by atoms with Crippen LogP contribution in [0.25, 0.3) is 0 Å². The quantitative estimate of drug-likeness (QED) is 0.814. The van der Waals surface area contributed by atoms with Crippen molar-refractivity contribution in [2.24, 2.45) is 0 Å². The molecule has 0 bridgehead atoms. The Balaban J connectivity index is 1.81. The fraction of sp³-hybridized carbons (Fsp3) is 0.368. The Kier molecular flexibility index (Phi) is 5.38. The molecular formula is C19H21F2NO3. The molecule has 1 atom stereocenters. The lowest BCUT2D eigenvalue weighted by molar-refractivity contribution is -0.0508. The van der Waals surface area contributed by atoms with E-state index in [1.807, 2.05) is 37.3 Å². The number of alkyl halides is 2. The van der Waals surface area contributed by atoms with E-state index in [2.05, 4.69) is 9.64 Å². The minimum Gasteiger partial charge on any atom is -0.497 e. The van der Waals surface area contributed by atoms with E-state index in [-0.39, 0.29) is 11.9 Å². The van der Waals surface area contributed by atoms with Crippen molar-refractivity contribution in [1.29, 1.82) is 0 Å². The van der Waals surface area contributed by atoms with Gasteiger partial charge in [0, 0.05) is 36.8 Å². The zero-order valence-corrected chi connectivity index (χ0v) is 14.2. The van der Waals surface area contributed by atoms with Crippen molar-refractivity contribution in [1.82, 2.24) is 4.90 Å². The molecule has 0 amide bonds. The van der Waals surface area contributed by atoms with Crippen molar-refractivity contribution in [3.05, 3.63) is 53.6 Å². The van der Waals surface area contributed by atoms with E-state index in [1.165, 1.54) is 0 Å². The molecule has 6 heteroatoms. The van der Waals surface area contributed by atoms with Gasteiger partial charge in [-0.1, -0.05) is 24.3 Å². The first-order valence-electron chi connectivity index (χ1n) is 8.14. The fourth-order valence-corrected chi connectivity index (χ4v) is 3.03. The van der Waals surface area contributed by atoms with Crippen LogP contribution in [0.1, 0.15) is 18.1 Å². The molecule has 134 valence electrons. The van der Waals surface area contributed by atoms with Crippen molar-refractivity contribution >= 4 is 0 Å². The third kappa shape index (κ3) is 4.39. The van der Waals surface area contributed by atoms with Gasteiger partial charge in [-0.15, -0.1) is 0 Å². The summed E-state index contributed by atoms with van der Waals surface area (Å²) in [4.78, 5) is 2.16. The number of rotatable bonds is 5. The molecule has 0 radical (unpaired) electrons. The molecule has 0 N–H and O–H groups in total. The summed E-state index contributed by atoms with van der Waals surface area (Å²) in [6.07, 6.45) is -0.0310. The minimum absolute atomic E-state index is 0.0310. The van der Waals surface area contributed by atoms with Crippen LogP contribution in [0.15, 0.2) is 42.5 Å². The molecule has 0 spiro atoms. The van der Waals surface area contributed by atoms with Crippen LogP contribution in [0.5, 0.6) is 17.2 Å². The molecular weight excluding hydrogens is 328 g/mol. The predicted octanol–water partition coefficient (Wildman–Crippen LogP) is 4.08. The van der Waals surface area contributed by atoms with Crippen molar-refractivity contribution in [3.63, 3.8) is 0 Å². The van der Waals surface area contributed by atoms with E-state index in [1.54, 1.807) is 19.2 Å². The van der Waals surface area contributed by atoms with E-state index in [0.717, 1.165) is 22.6 Å². The van der Waals surface area contributed by atoms with Gasteiger partial charge in [0.1, 0.15) is 23.4 Å². The maximum Gasteiger partial charge on any atom is 0.387 e. The zero-order valence-electron chi connectivity index (χ0n) is 14.2. The summed E-state index contributed by atoms with van der Waals surface area (Å²) >= 11 is 0. The average molecular weight is 349 g/mol. The summed E-state index contributed by atoms with van der Waals surface area (Å²) in [5.41, 5.74) is 1.77. The molecule has 0 saturated carbocycles. The highest BCUT2D eigenvalue weighted by molar-refractivity contribution is 5.41. The average Bonchev–Trinajstić information content (AvgIpc) is 2.72. The van der Waals surface area contributed by atoms with Gasteiger partial charge in [-0.25, -0.2) is 0 Å². The van der Waals surface area contributed by atoms with Crippen LogP contribution in [-0.4, -0.2) is 31.3 Å².